The lowest BCUT2D eigenvalue weighted by atomic mass is 10.1. The van der Waals surface area contributed by atoms with Crippen molar-refractivity contribution in [2.24, 2.45) is 10.7 Å². The number of ether oxygens (including phenoxy) is 1. The van der Waals surface area contributed by atoms with Gasteiger partial charge in [0.2, 0.25) is 0 Å². The molecule has 2 heterocycles. The van der Waals surface area contributed by atoms with Crippen LogP contribution in [0.25, 0.3) is 11.3 Å². The predicted molar refractivity (Wildman–Crippen MR) is 106 cm³/mol. The average molecular weight is 349 g/mol. The van der Waals surface area contributed by atoms with Gasteiger partial charge in [0.05, 0.1) is 17.6 Å². The van der Waals surface area contributed by atoms with Crippen LogP contribution in [-0.2, 0) is 0 Å². The highest BCUT2D eigenvalue weighted by Gasteiger charge is 2.22. The molecule has 0 bridgehead atoms. The maximum atomic E-state index is 6.04. The van der Waals surface area contributed by atoms with Gasteiger partial charge in [-0.2, -0.15) is 5.10 Å². The van der Waals surface area contributed by atoms with Gasteiger partial charge in [-0.25, -0.2) is 0 Å². The molecule has 134 valence electrons. The second-order valence-corrected chi connectivity index (χ2v) is 5.87. The number of rotatable bonds is 3. The second kappa shape index (κ2) is 8.31. The van der Waals surface area contributed by atoms with Gasteiger partial charge in [0.1, 0.15) is 17.7 Å². The topological polar surface area (TPSA) is 88.3 Å². The summed E-state index contributed by atoms with van der Waals surface area (Å²) in [5.74, 6) is 2.29. The molecule has 0 amide bonds. The van der Waals surface area contributed by atoms with E-state index in [-0.39, 0.29) is 0 Å². The van der Waals surface area contributed by atoms with Crippen LogP contribution in [0, 0.1) is 0 Å². The zero-order valence-electron chi connectivity index (χ0n) is 14.9. The standard InChI is InChI=1S/C17H15N5O.C3H8/c18-16-14-15(21-22-17(14)20-10-19-16)11-6-8-13(9-7-11)23-12-4-2-1-3-5-12;1-3-2/h1-10,16H,18H2,(H2,19,20,21,22);3H2,1-2H3. The fourth-order valence-corrected chi connectivity index (χ4v) is 2.54. The molecule has 3 aromatic rings. The van der Waals surface area contributed by atoms with Crippen molar-refractivity contribution in [3.05, 3.63) is 60.2 Å². The minimum atomic E-state index is -0.416. The van der Waals surface area contributed by atoms with Crippen molar-refractivity contribution >= 4 is 12.2 Å². The van der Waals surface area contributed by atoms with Crippen LogP contribution >= 0.6 is 0 Å². The molecule has 2 aromatic carbocycles. The number of nitrogens with zero attached hydrogens (tertiary/aromatic N) is 2. The van der Waals surface area contributed by atoms with Crippen molar-refractivity contribution in [3.8, 4) is 22.8 Å². The second-order valence-electron chi connectivity index (χ2n) is 5.87. The van der Waals surface area contributed by atoms with Crippen molar-refractivity contribution in [2.45, 2.75) is 26.4 Å². The van der Waals surface area contributed by atoms with Crippen molar-refractivity contribution < 1.29 is 4.74 Å². The van der Waals surface area contributed by atoms with Crippen LogP contribution in [-0.4, -0.2) is 16.5 Å². The van der Waals surface area contributed by atoms with Gasteiger partial charge < -0.3 is 15.8 Å². The van der Waals surface area contributed by atoms with E-state index in [1.54, 1.807) is 6.34 Å². The van der Waals surface area contributed by atoms with Crippen LogP contribution in [0.3, 0.4) is 0 Å². The van der Waals surface area contributed by atoms with E-state index in [4.69, 9.17) is 10.5 Å². The summed E-state index contributed by atoms with van der Waals surface area (Å²) in [5.41, 5.74) is 8.75. The maximum Gasteiger partial charge on any atom is 0.160 e. The molecule has 0 radical (unpaired) electrons. The Kier molecular flexibility index (Phi) is 5.66. The predicted octanol–water partition coefficient (Wildman–Crippen LogP) is 4.70. The van der Waals surface area contributed by atoms with Gasteiger partial charge >= 0.3 is 0 Å². The number of para-hydroxylation sites is 1. The van der Waals surface area contributed by atoms with Gasteiger partial charge in [0, 0.05) is 5.56 Å². The monoisotopic (exact) mass is 349 g/mol. The number of aromatic nitrogens is 2. The lowest BCUT2D eigenvalue weighted by Gasteiger charge is -2.14. The highest BCUT2D eigenvalue weighted by molar-refractivity contribution is 5.82. The number of benzene rings is 2. The number of anilines is 1. The van der Waals surface area contributed by atoms with Crippen LogP contribution in [0.2, 0.25) is 0 Å². The Morgan fingerprint density at radius 1 is 1.00 bits per heavy atom. The number of fused-ring (bicyclic) bond motifs is 1. The molecule has 1 atom stereocenters. The summed E-state index contributed by atoms with van der Waals surface area (Å²) in [4.78, 5) is 4.16. The molecule has 26 heavy (non-hydrogen) atoms. The molecule has 0 saturated carbocycles. The molecule has 4 rings (SSSR count). The average Bonchev–Trinajstić information content (AvgIpc) is 3.09. The number of H-pyrrole nitrogens is 1. The van der Waals surface area contributed by atoms with Crippen LogP contribution in [0.5, 0.6) is 11.5 Å². The Morgan fingerprint density at radius 2 is 1.65 bits per heavy atom. The highest BCUT2D eigenvalue weighted by atomic mass is 16.5. The Balaban J connectivity index is 0.000000613. The van der Waals surface area contributed by atoms with Crippen LogP contribution in [0.15, 0.2) is 59.6 Å². The van der Waals surface area contributed by atoms with E-state index in [0.717, 1.165) is 28.3 Å². The minimum Gasteiger partial charge on any atom is -0.457 e. The zero-order valence-corrected chi connectivity index (χ0v) is 14.9. The molecular formula is C20H23N5O. The van der Waals surface area contributed by atoms with Gasteiger partial charge in [-0.05, 0) is 36.4 Å². The maximum absolute atomic E-state index is 6.04. The third kappa shape index (κ3) is 3.92. The lowest BCUT2D eigenvalue weighted by molar-refractivity contribution is 0.483. The molecular weight excluding hydrogens is 326 g/mol. The largest absolute Gasteiger partial charge is 0.457 e. The van der Waals surface area contributed by atoms with E-state index in [9.17, 15) is 0 Å². The number of nitrogens with one attached hydrogen (secondary N) is 2. The lowest BCUT2D eigenvalue weighted by Crippen LogP contribution is -2.16. The third-order valence-corrected chi connectivity index (χ3v) is 3.66. The first-order valence-corrected chi connectivity index (χ1v) is 8.68. The van der Waals surface area contributed by atoms with Crippen LogP contribution in [0.4, 0.5) is 5.82 Å². The van der Waals surface area contributed by atoms with Crippen molar-refractivity contribution in [1.29, 1.82) is 0 Å². The number of aliphatic imine (C=N–C) groups is 1. The molecule has 1 aliphatic rings. The van der Waals surface area contributed by atoms with Crippen molar-refractivity contribution in [2.75, 3.05) is 5.32 Å². The summed E-state index contributed by atoms with van der Waals surface area (Å²) in [6.45, 7) is 4.25. The fraction of sp³-hybridized carbons (Fsp3) is 0.200. The summed E-state index contributed by atoms with van der Waals surface area (Å²) >= 11 is 0. The van der Waals surface area contributed by atoms with E-state index in [0.29, 0.717) is 5.82 Å². The first-order chi connectivity index (χ1) is 12.7. The van der Waals surface area contributed by atoms with Gasteiger partial charge in [0.25, 0.3) is 0 Å². The number of nitrogens with two attached hydrogens (primary N) is 1. The summed E-state index contributed by atoms with van der Waals surface area (Å²) in [7, 11) is 0. The van der Waals surface area contributed by atoms with E-state index in [1.165, 1.54) is 6.42 Å². The molecule has 0 aliphatic carbocycles. The molecule has 0 spiro atoms. The number of aromatic amines is 1. The molecule has 6 heteroatoms. The smallest absolute Gasteiger partial charge is 0.160 e. The summed E-state index contributed by atoms with van der Waals surface area (Å²) in [6, 6.07) is 17.4. The minimum absolute atomic E-state index is 0.416. The number of hydrogen-bond donors (Lipinski definition) is 3. The zero-order chi connectivity index (χ0) is 18.4. The summed E-state index contributed by atoms with van der Waals surface area (Å²) in [6.07, 6.45) is 2.40. The van der Waals surface area contributed by atoms with Gasteiger partial charge in [-0.3, -0.25) is 10.1 Å². The van der Waals surface area contributed by atoms with E-state index in [1.807, 2.05) is 54.6 Å². The van der Waals surface area contributed by atoms with Crippen LogP contribution in [0.1, 0.15) is 32.0 Å². The Morgan fingerprint density at radius 3 is 2.35 bits per heavy atom. The molecule has 1 aliphatic heterocycles. The Bertz CT molecular complexity index is 856. The van der Waals surface area contributed by atoms with E-state index in [2.05, 4.69) is 34.4 Å². The molecule has 6 nitrogen and oxygen atoms in total. The molecule has 1 aromatic heterocycles. The van der Waals surface area contributed by atoms with Crippen molar-refractivity contribution in [3.63, 3.8) is 0 Å². The molecule has 0 saturated heterocycles. The highest BCUT2D eigenvalue weighted by Crippen LogP contribution is 2.34. The molecule has 1 unspecified atom stereocenters. The molecule has 0 fully saturated rings. The first-order valence-electron chi connectivity index (χ1n) is 8.68. The Hall–Kier alpha value is -3.12. The summed E-state index contributed by atoms with van der Waals surface area (Å²) in [5, 5.41) is 10.2. The quantitative estimate of drug-likeness (QED) is 0.639. The summed E-state index contributed by atoms with van der Waals surface area (Å²) < 4.78 is 5.80. The SMILES string of the molecule is CCC.NC1N=CNc2n[nH]c(-c3ccc(Oc4ccccc4)cc3)c21. The van der Waals surface area contributed by atoms with Gasteiger partial charge in [-0.15, -0.1) is 0 Å². The molecule has 4 N–H and O–H groups in total. The Labute approximate surface area is 153 Å². The fourth-order valence-electron chi connectivity index (χ4n) is 2.54. The number of hydrogen-bond acceptors (Lipinski definition) is 5. The van der Waals surface area contributed by atoms with E-state index < -0.39 is 6.17 Å². The van der Waals surface area contributed by atoms with E-state index >= 15 is 0 Å². The first kappa shape index (κ1) is 17.7. The normalized spacial score (nSPS) is 14.7. The van der Waals surface area contributed by atoms with Gasteiger partial charge in [-0.1, -0.05) is 38.5 Å². The van der Waals surface area contributed by atoms with Crippen molar-refractivity contribution in [1.82, 2.24) is 10.2 Å². The third-order valence-electron chi connectivity index (χ3n) is 3.66. The van der Waals surface area contributed by atoms with Gasteiger partial charge in [0.15, 0.2) is 5.82 Å². The van der Waals surface area contributed by atoms with Crippen LogP contribution < -0.4 is 15.8 Å².